The lowest BCUT2D eigenvalue weighted by molar-refractivity contribution is -0.113. The number of aryl methyl sites for hydroxylation is 1. The molecular weight excluding hydrogens is 464 g/mol. The van der Waals surface area contributed by atoms with Crippen LogP contribution in [0, 0.1) is 13.8 Å². The maximum atomic E-state index is 12.6. The third-order valence-corrected chi connectivity index (χ3v) is 6.04. The molecule has 8 nitrogen and oxygen atoms in total. The number of nitrogens with one attached hydrogen (secondary N) is 1. The lowest BCUT2D eigenvalue weighted by Crippen LogP contribution is -2.16. The smallest absolute Gasteiger partial charge is 0.338 e. The quantitative estimate of drug-likeness (QED) is 0.229. The Morgan fingerprint density at radius 2 is 1.94 bits per heavy atom. The molecule has 0 bridgehead atoms. The second-order valence-electron chi connectivity index (χ2n) is 8.16. The van der Waals surface area contributed by atoms with Crippen molar-refractivity contribution in [1.29, 1.82) is 0 Å². The van der Waals surface area contributed by atoms with Gasteiger partial charge in [0.05, 0.1) is 17.4 Å². The molecule has 0 aliphatic carbocycles. The van der Waals surface area contributed by atoms with Gasteiger partial charge in [0.2, 0.25) is 5.91 Å². The summed E-state index contributed by atoms with van der Waals surface area (Å²) in [4.78, 5) is 24.7. The number of anilines is 1. The van der Waals surface area contributed by atoms with E-state index in [9.17, 15) is 9.59 Å². The third kappa shape index (κ3) is 7.19. The van der Waals surface area contributed by atoms with Crippen molar-refractivity contribution < 1.29 is 19.1 Å². The molecule has 1 N–H and O–H groups in total. The number of carbonyl (C=O) groups is 2. The minimum absolute atomic E-state index is 0.119. The van der Waals surface area contributed by atoms with Gasteiger partial charge in [0.15, 0.2) is 11.0 Å². The average Bonchev–Trinajstić information content (AvgIpc) is 3.20. The van der Waals surface area contributed by atoms with E-state index in [1.807, 2.05) is 36.6 Å². The zero-order chi connectivity index (χ0) is 25.4. The number of thioether (sulfide) groups is 1. The molecule has 3 aromatic rings. The van der Waals surface area contributed by atoms with Gasteiger partial charge in [-0.25, -0.2) is 4.79 Å². The second-order valence-corrected chi connectivity index (χ2v) is 9.10. The molecule has 1 aromatic heterocycles. The number of ether oxygens (including phenoxy) is 2. The van der Waals surface area contributed by atoms with Gasteiger partial charge >= 0.3 is 5.97 Å². The number of carbonyl (C=O) groups excluding carboxylic acids is 2. The third-order valence-electron chi connectivity index (χ3n) is 5.07. The normalized spacial score (nSPS) is 10.8. The van der Waals surface area contributed by atoms with Crippen LogP contribution in [0.1, 0.15) is 41.2 Å². The Bertz CT molecular complexity index is 1210. The summed E-state index contributed by atoms with van der Waals surface area (Å²) in [5.74, 6) is 0.897. The van der Waals surface area contributed by atoms with Crippen LogP contribution in [0.25, 0.3) is 0 Å². The van der Waals surface area contributed by atoms with Crippen molar-refractivity contribution in [2.75, 3.05) is 11.1 Å². The van der Waals surface area contributed by atoms with Crippen LogP contribution in [0.15, 0.2) is 60.3 Å². The maximum absolute atomic E-state index is 12.6. The summed E-state index contributed by atoms with van der Waals surface area (Å²) in [6, 6.07) is 12.6. The Balaban J connectivity index is 1.62. The van der Waals surface area contributed by atoms with E-state index in [0.717, 1.165) is 16.9 Å². The first-order valence-corrected chi connectivity index (χ1v) is 12.2. The Morgan fingerprint density at radius 1 is 1.17 bits per heavy atom. The van der Waals surface area contributed by atoms with E-state index in [1.54, 1.807) is 44.2 Å². The van der Waals surface area contributed by atoms with E-state index in [0.29, 0.717) is 28.8 Å². The highest BCUT2D eigenvalue weighted by atomic mass is 32.2. The number of hydrogen-bond donors (Lipinski definition) is 1. The Labute approximate surface area is 209 Å². The van der Waals surface area contributed by atoms with Gasteiger partial charge in [-0.1, -0.05) is 36.0 Å². The molecule has 0 fully saturated rings. The number of benzene rings is 2. The topological polar surface area (TPSA) is 95.3 Å². The molecule has 0 unspecified atom stereocenters. The van der Waals surface area contributed by atoms with Crippen LogP contribution < -0.4 is 10.1 Å². The molecule has 0 saturated heterocycles. The van der Waals surface area contributed by atoms with Crippen molar-refractivity contribution in [2.45, 2.75) is 52.1 Å². The van der Waals surface area contributed by atoms with Crippen LogP contribution in [0.3, 0.4) is 0 Å². The van der Waals surface area contributed by atoms with E-state index >= 15 is 0 Å². The fourth-order valence-corrected chi connectivity index (χ4v) is 3.97. The van der Waals surface area contributed by atoms with E-state index < -0.39 is 5.97 Å². The van der Waals surface area contributed by atoms with Crippen molar-refractivity contribution in [3.05, 3.63) is 77.6 Å². The van der Waals surface area contributed by atoms with Crippen LogP contribution in [0.2, 0.25) is 0 Å². The molecule has 0 aliphatic rings. The van der Waals surface area contributed by atoms with Gasteiger partial charge in [-0.3, -0.25) is 9.36 Å². The van der Waals surface area contributed by atoms with Crippen molar-refractivity contribution >= 4 is 29.3 Å². The summed E-state index contributed by atoms with van der Waals surface area (Å²) >= 11 is 1.26. The van der Waals surface area contributed by atoms with Crippen molar-refractivity contribution in [3.63, 3.8) is 0 Å². The molecule has 3 rings (SSSR count). The molecule has 184 valence electrons. The van der Waals surface area contributed by atoms with Gasteiger partial charge in [-0.15, -0.1) is 16.8 Å². The van der Waals surface area contributed by atoms with Gasteiger partial charge in [0.25, 0.3) is 0 Å². The zero-order valence-corrected chi connectivity index (χ0v) is 21.2. The van der Waals surface area contributed by atoms with E-state index in [4.69, 9.17) is 9.47 Å². The number of esters is 1. The van der Waals surface area contributed by atoms with Crippen LogP contribution in [0.4, 0.5) is 5.69 Å². The lowest BCUT2D eigenvalue weighted by atomic mass is 10.1. The van der Waals surface area contributed by atoms with Crippen LogP contribution in [0.5, 0.6) is 5.75 Å². The first kappa shape index (κ1) is 26.0. The number of amides is 1. The predicted molar refractivity (Wildman–Crippen MR) is 137 cm³/mol. The van der Waals surface area contributed by atoms with E-state index in [1.165, 1.54) is 11.8 Å². The van der Waals surface area contributed by atoms with E-state index in [-0.39, 0.29) is 24.4 Å². The zero-order valence-electron chi connectivity index (χ0n) is 20.4. The molecule has 0 atom stereocenters. The average molecular weight is 495 g/mol. The SMILES string of the molecule is C=CCn1c(COc2cccc(C)c2C)nnc1SCC(=O)Nc1cccc(C(=O)OC(C)C)c1. The van der Waals surface area contributed by atoms with Crippen LogP contribution in [-0.4, -0.2) is 38.5 Å². The molecule has 2 aromatic carbocycles. The highest BCUT2D eigenvalue weighted by Gasteiger charge is 2.16. The molecule has 1 heterocycles. The summed E-state index contributed by atoms with van der Waals surface area (Å²) in [5, 5.41) is 11.9. The fraction of sp³-hybridized carbons (Fsp3) is 0.308. The number of aromatic nitrogens is 3. The van der Waals surface area contributed by atoms with Gasteiger partial charge in [0, 0.05) is 12.2 Å². The maximum Gasteiger partial charge on any atom is 0.338 e. The number of rotatable bonds is 11. The first-order chi connectivity index (χ1) is 16.8. The first-order valence-electron chi connectivity index (χ1n) is 11.2. The number of nitrogens with zero attached hydrogens (tertiary/aromatic N) is 3. The molecular formula is C26H30N4O4S. The standard InChI is InChI=1S/C26H30N4O4S/c1-6-13-30-23(15-33-22-12-7-9-18(4)19(22)5)28-29-26(30)35-16-24(31)27-21-11-8-10-20(14-21)25(32)34-17(2)3/h6-12,14,17H,1,13,15-16H2,2-5H3,(H,27,31). The fourth-order valence-electron chi connectivity index (χ4n) is 3.20. The van der Waals surface area contributed by atoms with Gasteiger partial charge in [-0.05, 0) is 63.1 Å². The summed E-state index contributed by atoms with van der Waals surface area (Å²) < 4.78 is 13.1. The minimum Gasteiger partial charge on any atom is -0.485 e. The summed E-state index contributed by atoms with van der Waals surface area (Å²) in [5.41, 5.74) is 3.13. The molecule has 0 saturated carbocycles. The van der Waals surface area contributed by atoms with Gasteiger partial charge < -0.3 is 14.8 Å². The monoisotopic (exact) mass is 494 g/mol. The largest absolute Gasteiger partial charge is 0.485 e. The Morgan fingerprint density at radius 3 is 2.69 bits per heavy atom. The summed E-state index contributed by atoms with van der Waals surface area (Å²) in [6.07, 6.45) is 1.53. The lowest BCUT2D eigenvalue weighted by Gasteiger charge is -2.12. The van der Waals surface area contributed by atoms with Crippen LogP contribution >= 0.6 is 11.8 Å². The minimum atomic E-state index is -0.432. The number of allylic oxidation sites excluding steroid dienone is 1. The highest BCUT2D eigenvalue weighted by molar-refractivity contribution is 7.99. The van der Waals surface area contributed by atoms with Crippen molar-refractivity contribution in [1.82, 2.24) is 14.8 Å². The van der Waals surface area contributed by atoms with Crippen molar-refractivity contribution in [2.24, 2.45) is 0 Å². The molecule has 9 heteroatoms. The summed E-state index contributed by atoms with van der Waals surface area (Å²) in [6.45, 7) is 12.2. The van der Waals surface area contributed by atoms with Gasteiger partial charge in [0.1, 0.15) is 12.4 Å². The van der Waals surface area contributed by atoms with Crippen LogP contribution in [-0.2, 0) is 22.7 Å². The second kappa shape index (κ2) is 12.2. The molecule has 0 aliphatic heterocycles. The Kier molecular flexibility index (Phi) is 9.08. The van der Waals surface area contributed by atoms with E-state index in [2.05, 4.69) is 22.1 Å². The van der Waals surface area contributed by atoms with Crippen molar-refractivity contribution in [3.8, 4) is 5.75 Å². The van der Waals surface area contributed by atoms with Gasteiger partial charge in [-0.2, -0.15) is 0 Å². The molecule has 0 radical (unpaired) electrons. The predicted octanol–water partition coefficient (Wildman–Crippen LogP) is 4.96. The summed E-state index contributed by atoms with van der Waals surface area (Å²) in [7, 11) is 0. The highest BCUT2D eigenvalue weighted by Crippen LogP contribution is 2.23. The molecule has 1 amide bonds. The molecule has 0 spiro atoms. The molecule has 35 heavy (non-hydrogen) atoms. The Hall–Kier alpha value is -3.59. The number of hydrogen-bond acceptors (Lipinski definition) is 7.